The van der Waals surface area contributed by atoms with E-state index < -0.39 is 0 Å². The second-order valence-electron chi connectivity index (χ2n) is 5.82. The summed E-state index contributed by atoms with van der Waals surface area (Å²) >= 11 is 0. The lowest BCUT2D eigenvalue weighted by Gasteiger charge is -2.19. The van der Waals surface area contributed by atoms with E-state index in [-0.39, 0.29) is 0 Å². The van der Waals surface area contributed by atoms with Crippen molar-refractivity contribution < 1.29 is 0 Å². The van der Waals surface area contributed by atoms with Crippen LogP contribution in [0.2, 0.25) is 0 Å². The average molecular weight is 255 g/mol. The van der Waals surface area contributed by atoms with Crippen LogP contribution < -0.4 is 4.90 Å². The highest BCUT2D eigenvalue weighted by Gasteiger charge is 2.26. The molecular formula is C16H21N3. The van der Waals surface area contributed by atoms with Crippen molar-refractivity contribution in [3.63, 3.8) is 0 Å². The molecular weight excluding hydrogens is 234 g/mol. The molecule has 0 amide bonds. The molecule has 3 heteroatoms. The summed E-state index contributed by atoms with van der Waals surface area (Å²) < 4.78 is 0. The molecule has 0 spiro atoms. The van der Waals surface area contributed by atoms with Gasteiger partial charge >= 0.3 is 0 Å². The molecule has 0 radical (unpaired) electrons. The number of nitriles is 1. The Kier molecular flexibility index (Phi) is 3.42. The summed E-state index contributed by atoms with van der Waals surface area (Å²) in [6.07, 6.45) is 7.16. The van der Waals surface area contributed by atoms with Crippen LogP contribution in [0.25, 0.3) is 0 Å². The van der Waals surface area contributed by atoms with Gasteiger partial charge in [0, 0.05) is 18.8 Å². The molecule has 1 saturated heterocycles. The Labute approximate surface area is 115 Å². The zero-order valence-electron chi connectivity index (χ0n) is 11.7. The normalized spacial score (nSPS) is 21.5. The van der Waals surface area contributed by atoms with Crippen LogP contribution in [0, 0.1) is 17.2 Å². The number of aromatic nitrogens is 1. The number of nitrogens with zero attached hydrogens (tertiary/aromatic N) is 3. The lowest BCUT2D eigenvalue weighted by molar-refractivity contribution is 0.529. The van der Waals surface area contributed by atoms with E-state index in [1.165, 1.54) is 36.9 Å². The van der Waals surface area contributed by atoms with Crippen molar-refractivity contribution in [1.82, 2.24) is 4.98 Å². The summed E-state index contributed by atoms with van der Waals surface area (Å²) in [5, 5.41) is 9.36. The fraction of sp³-hybridized carbons (Fsp3) is 0.625. The highest BCUT2D eigenvalue weighted by molar-refractivity contribution is 5.57. The maximum Gasteiger partial charge on any atom is 0.146 e. The van der Waals surface area contributed by atoms with Crippen molar-refractivity contribution in [3.05, 3.63) is 22.9 Å². The molecule has 0 aromatic carbocycles. The molecule has 1 aliphatic carbocycles. The number of hydrogen-bond acceptors (Lipinski definition) is 3. The Morgan fingerprint density at radius 3 is 3.16 bits per heavy atom. The first kappa shape index (κ1) is 12.5. The summed E-state index contributed by atoms with van der Waals surface area (Å²) in [5.74, 6) is 1.73. The standard InChI is InChI=1S/C16H21N3/c1-2-4-12-7-8-19(11-12)16-14(10-17)9-13-5-3-6-15(13)18-16/h9,12H,2-8,11H2,1H3. The molecule has 2 aliphatic rings. The topological polar surface area (TPSA) is 39.9 Å². The largest absolute Gasteiger partial charge is 0.355 e. The van der Waals surface area contributed by atoms with Crippen LogP contribution in [-0.4, -0.2) is 18.1 Å². The van der Waals surface area contributed by atoms with Crippen LogP contribution in [0.15, 0.2) is 6.07 Å². The second kappa shape index (κ2) is 5.21. The van der Waals surface area contributed by atoms with E-state index >= 15 is 0 Å². The molecule has 1 aliphatic heterocycles. The SMILES string of the molecule is CCCC1CCN(c2nc3c(cc2C#N)CCC3)C1. The van der Waals surface area contributed by atoms with Gasteiger partial charge in [0.15, 0.2) is 0 Å². The third-order valence-electron chi connectivity index (χ3n) is 4.43. The third-order valence-corrected chi connectivity index (χ3v) is 4.43. The molecule has 3 rings (SSSR count). The molecule has 0 N–H and O–H groups in total. The van der Waals surface area contributed by atoms with E-state index in [4.69, 9.17) is 4.98 Å². The number of anilines is 1. The van der Waals surface area contributed by atoms with Crippen molar-refractivity contribution in [2.24, 2.45) is 5.92 Å². The minimum Gasteiger partial charge on any atom is -0.355 e. The van der Waals surface area contributed by atoms with Crippen LogP contribution in [0.4, 0.5) is 5.82 Å². The summed E-state index contributed by atoms with van der Waals surface area (Å²) in [5.41, 5.74) is 3.30. The van der Waals surface area contributed by atoms with Gasteiger partial charge < -0.3 is 4.90 Å². The Balaban J connectivity index is 1.87. The van der Waals surface area contributed by atoms with Gasteiger partial charge in [0.05, 0.1) is 5.56 Å². The highest BCUT2D eigenvalue weighted by atomic mass is 15.2. The first-order chi connectivity index (χ1) is 9.31. The Bertz CT molecular complexity index is 515. The molecule has 1 atom stereocenters. The minimum atomic E-state index is 0.776. The first-order valence-electron chi connectivity index (χ1n) is 7.49. The summed E-state index contributed by atoms with van der Waals surface area (Å²) in [6.45, 7) is 4.39. The van der Waals surface area contributed by atoms with Crippen LogP contribution >= 0.6 is 0 Å². The molecule has 19 heavy (non-hydrogen) atoms. The van der Waals surface area contributed by atoms with E-state index in [1.54, 1.807) is 0 Å². The molecule has 1 fully saturated rings. The number of fused-ring (bicyclic) bond motifs is 1. The van der Waals surface area contributed by atoms with Gasteiger partial charge in [-0.25, -0.2) is 4.98 Å². The fourth-order valence-corrected chi connectivity index (χ4v) is 3.45. The molecule has 2 heterocycles. The first-order valence-corrected chi connectivity index (χ1v) is 7.49. The number of pyridine rings is 1. The summed E-state index contributed by atoms with van der Waals surface area (Å²) in [4.78, 5) is 7.13. The van der Waals surface area contributed by atoms with Crippen molar-refractivity contribution in [2.75, 3.05) is 18.0 Å². The maximum atomic E-state index is 9.36. The predicted octanol–water partition coefficient (Wildman–Crippen LogP) is 3.07. The zero-order chi connectivity index (χ0) is 13.2. The smallest absolute Gasteiger partial charge is 0.146 e. The Morgan fingerprint density at radius 1 is 1.47 bits per heavy atom. The van der Waals surface area contributed by atoms with Crippen LogP contribution in [0.5, 0.6) is 0 Å². The third kappa shape index (κ3) is 2.32. The van der Waals surface area contributed by atoms with Gasteiger partial charge in [-0.2, -0.15) is 5.26 Å². The van der Waals surface area contributed by atoms with E-state index in [9.17, 15) is 5.26 Å². The van der Waals surface area contributed by atoms with Crippen molar-refractivity contribution >= 4 is 5.82 Å². The van der Waals surface area contributed by atoms with E-state index in [0.29, 0.717) is 0 Å². The van der Waals surface area contributed by atoms with Crippen molar-refractivity contribution in [3.8, 4) is 6.07 Å². The van der Waals surface area contributed by atoms with Crippen molar-refractivity contribution in [2.45, 2.75) is 45.4 Å². The van der Waals surface area contributed by atoms with Crippen LogP contribution in [0.3, 0.4) is 0 Å². The highest BCUT2D eigenvalue weighted by Crippen LogP contribution is 2.31. The molecule has 0 saturated carbocycles. The monoisotopic (exact) mass is 255 g/mol. The number of aryl methyl sites for hydroxylation is 2. The molecule has 1 aromatic rings. The predicted molar refractivity (Wildman–Crippen MR) is 76.2 cm³/mol. The molecule has 1 aromatic heterocycles. The van der Waals surface area contributed by atoms with Gasteiger partial charge in [0.25, 0.3) is 0 Å². The number of hydrogen-bond donors (Lipinski definition) is 0. The summed E-state index contributed by atoms with van der Waals surface area (Å²) in [7, 11) is 0. The van der Waals surface area contributed by atoms with Gasteiger partial charge in [-0.05, 0) is 49.7 Å². The van der Waals surface area contributed by atoms with Gasteiger partial charge in [0.1, 0.15) is 11.9 Å². The van der Waals surface area contributed by atoms with Crippen LogP contribution in [-0.2, 0) is 12.8 Å². The Hall–Kier alpha value is -1.56. The van der Waals surface area contributed by atoms with Crippen LogP contribution in [0.1, 0.15) is 49.4 Å². The minimum absolute atomic E-state index is 0.776. The molecule has 100 valence electrons. The molecule has 1 unspecified atom stereocenters. The van der Waals surface area contributed by atoms with Gasteiger partial charge in [-0.1, -0.05) is 13.3 Å². The number of rotatable bonds is 3. The van der Waals surface area contributed by atoms with E-state index in [0.717, 1.165) is 43.2 Å². The summed E-state index contributed by atoms with van der Waals surface area (Å²) in [6, 6.07) is 4.43. The lowest BCUT2D eigenvalue weighted by atomic mass is 10.0. The fourth-order valence-electron chi connectivity index (χ4n) is 3.45. The average Bonchev–Trinajstić information content (AvgIpc) is 3.05. The second-order valence-corrected chi connectivity index (χ2v) is 5.82. The Morgan fingerprint density at radius 2 is 2.37 bits per heavy atom. The zero-order valence-corrected chi connectivity index (χ0v) is 11.7. The van der Waals surface area contributed by atoms with Crippen molar-refractivity contribution in [1.29, 1.82) is 5.26 Å². The molecule has 0 bridgehead atoms. The van der Waals surface area contributed by atoms with E-state index in [1.807, 2.05) is 0 Å². The van der Waals surface area contributed by atoms with Gasteiger partial charge in [-0.15, -0.1) is 0 Å². The quantitative estimate of drug-likeness (QED) is 0.833. The van der Waals surface area contributed by atoms with E-state index in [2.05, 4.69) is 24.0 Å². The maximum absolute atomic E-state index is 9.36. The van der Waals surface area contributed by atoms with Gasteiger partial charge in [-0.3, -0.25) is 0 Å². The lowest BCUT2D eigenvalue weighted by Crippen LogP contribution is -2.22. The van der Waals surface area contributed by atoms with Gasteiger partial charge in [0.2, 0.25) is 0 Å². The molecule has 3 nitrogen and oxygen atoms in total.